The fraction of sp³-hybridized carbons (Fsp3) is 0.286. The van der Waals surface area contributed by atoms with Gasteiger partial charge in [-0.1, -0.05) is 0 Å². The Morgan fingerprint density at radius 3 is 2.93 bits per heavy atom. The zero-order valence-corrected chi connectivity index (χ0v) is 17.4. The van der Waals surface area contributed by atoms with Gasteiger partial charge in [-0.25, -0.2) is 9.78 Å². The Labute approximate surface area is 177 Å². The summed E-state index contributed by atoms with van der Waals surface area (Å²) in [6.07, 6.45) is 2.57. The van der Waals surface area contributed by atoms with E-state index < -0.39 is 0 Å². The molecule has 2 aromatic heterocycles. The van der Waals surface area contributed by atoms with Gasteiger partial charge in [0.25, 0.3) is 5.91 Å². The van der Waals surface area contributed by atoms with Gasteiger partial charge in [0, 0.05) is 18.8 Å². The Morgan fingerprint density at radius 1 is 1.33 bits per heavy atom. The number of hydrogen-bond donors (Lipinski definition) is 3. The van der Waals surface area contributed by atoms with Crippen molar-refractivity contribution in [3.05, 3.63) is 40.9 Å². The average molecular weight is 423 g/mol. The molecule has 0 spiro atoms. The summed E-state index contributed by atoms with van der Waals surface area (Å²) < 4.78 is 5.29. The number of methoxy groups -OCH3 is 1. The van der Waals surface area contributed by atoms with Crippen molar-refractivity contribution < 1.29 is 14.3 Å². The Balaban J connectivity index is 1.60. The number of rotatable bonds is 4. The Bertz CT molecular complexity index is 1170. The molecule has 1 atom stereocenters. The van der Waals surface area contributed by atoms with Crippen LogP contribution in [0.15, 0.2) is 30.5 Å². The van der Waals surface area contributed by atoms with Crippen LogP contribution in [-0.2, 0) is 0 Å². The van der Waals surface area contributed by atoms with Gasteiger partial charge in [-0.15, -0.1) is 11.3 Å². The molecule has 1 aromatic carbocycles. The lowest BCUT2D eigenvalue weighted by Gasteiger charge is -2.29. The standard InChI is InChI=1S/C21H21N5O3S/c1-11-9-13(29-2)3-4-14(11)26-15-6-8-23-20-16(15)17(25-21(26)28)18(30-20)19(27)24-12-5-7-22-10-12/h3-4,6,8-9,12,22H,5,7,10H2,1-2H3,(H,24,27)(H,25,28)/t12-/m1/s1. The van der Waals surface area contributed by atoms with Gasteiger partial charge in [-0.05, 0) is 49.7 Å². The van der Waals surface area contributed by atoms with Crippen LogP contribution in [0, 0.1) is 6.92 Å². The monoisotopic (exact) mass is 423 g/mol. The molecule has 4 heterocycles. The van der Waals surface area contributed by atoms with Gasteiger partial charge in [0.2, 0.25) is 0 Å². The molecule has 0 bridgehead atoms. The third-order valence-corrected chi connectivity index (χ3v) is 6.59. The fourth-order valence-corrected chi connectivity index (χ4v) is 5.04. The van der Waals surface area contributed by atoms with E-state index in [1.54, 1.807) is 18.2 Å². The summed E-state index contributed by atoms with van der Waals surface area (Å²) in [6, 6.07) is 7.17. The van der Waals surface area contributed by atoms with Crippen molar-refractivity contribution in [2.75, 3.05) is 30.4 Å². The molecule has 3 aromatic rings. The maximum Gasteiger partial charge on any atom is 0.331 e. The number of thiophene rings is 1. The number of nitrogens with one attached hydrogen (secondary N) is 3. The van der Waals surface area contributed by atoms with E-state index in [1.807, 2.05) is 31.2 Å². The first-order chi connectivity index (χ1) is 14.6. The van der Waals surface area contributed by atoms with Crippen LogP contribution in [-0.4, -0.2) is 43.2 Å². The maximum absolute atomic E-state index is 13.1. The van der Waals surface area contributed by atoms with E-state index in [0.717, 1.165) is 41.9 Å². The zero-order valence-electron chi connectivity index (χ0n) is 16.6. The van der Waals surface area contributed by atoms with Gasteiger partial charge >= 0.3 is 6.03 Å². The summed E-state index contributed by atoms with van der Waals surface area (Å²) >= 11 is 1.30. The topological polar surface area (TPSA) is 95.6 Å². The molecule has 9 heteroatoms. The molecule has 154 valence electrons. The van der Waals surface area contributed by atoms with Crippen molar-refractivity contribution in [3.63, 3.8) is 0 Å². The van der Waals surface area contributed by atoms with Gasteiger partial charge in [0.15, 0.2) is 0 Å². The minimum absolute atomic E-state index is 0.0973. The molecule has 0 aliphatic carbocycles. The number of carbonyl (C=O) groups is 2. The first kappa shape index (κ1) is 18.8. The number of hydrogen-bond acceptors (Lipinski definition) is 6. The number of nitrogens with zero attached hydrogens (tertiary/aromatic N) is 2. The smallest absolute Gasteiger partial charge is 0.331 e. The third-order valence-electron chi connectivity index (χ3n) is 5.49. The summed E-state index contributed by atoms with van der Waals surface area (Å²) in [4.78, 5) is 33.4. The highest BCUT2D eigenvalue weighted by atomic mass is 32.1. The predicted molar refractivity (Wildman–Crippen MR) is 117 cm³/mol. The lowest BCUT2D eigenvalue weighted by molar-refractivity contribution is 0.0945. The number of amides is 3. The van der Waals surface area contributed by atoms with Gasteiger partial charge in [-0.2, -0.15) is 0 Å². The Hall–Kier alpha value is -3.17. The maximum atomic E-state index is 13.1. The molecule has 3 amide bonds. The van der Waals surface area contributed by atoms with Crippen molar-refractivity contribution in [3.8, 4) is 5.75 Å². The summed E-state index contributed by atoms with van der Waals surface area (Å²) in [5.41, 5.74) is 2.90. The lowest BCUT2D eigenvalue weighted by Crippen LogP contribution is -2.37. The number of aromatic nitrogens is 1. The highest BCUT2D eigenvalue weighted by Gasteiger charge is 2.33. The van der Waals surface area contributed by atoms with Crippen molar-refractivity contribution in [1.29, 1.82) is 0 Å². The molecule has 0 radical (unpaired) electrons. The molecule has 2 aliphatic rings. The second kappa shape index (κ2) is 7.26. The van der Waals surface area contributed by atoms with Crippen LogP contribution in [0.1, 0.15) is 21.7 Å². The molecule has 3 N–H and O–H groups in total. The van der Waals surface area contributed by atoms with Crippen molar-refractivity contribution in [2.24, 2.45) is 0 Å². The first-order valence-corrected chi connectivity index (χ1v) is 10.6. The van der Waals surface area contributed by atoms with E-state index >= 15 is 0 Å². The summed E-state index contributed by atoms with van der Waals surface area (Å²) in [6.45, 7) is 3.58. The van der Waals surface area contributed by atoms with Crippen molar-refractivity contribution >= 4 is 50.6 Å². The Morgan fingerprint density at radius 2 is 2.20 bits per heavy atom. The van der Waals surface area contributed by atoms with Gasteiger partial charge in [0.1, 0.15) is 15.5 Å². The minimum Gasteiger partial charge on any atom is -0.497 e. The molecule has 1 saturated heterocycles. The van der Waals surface area contributed by atoms with E-state index in [4.69, 9.17) is 4.74 Å². The molecule has 2 aliphatic heterocycles. The third kappa shape index (κ3) is 2.98. The van der Waals surface area contributed by atoms with Crippen molar-refractivity contribution in [1.82, 2.24) is 15.6 Å². The molecule has 5 rings (SSSR count). The molecule has 0 saturated carbocycles. The number of anilines is 3. The molecular formula is C21H21N5O3S. The quantitative estimate of drug-likeness (QED) is 0.598. The van der Waals surface area contributed by atoms with Crippen LogP contribution < -0.4 is 25.6 Å². The molecule has 30 heavy (non-hydrogen) atoms. The number of ether oxygens (including phenoxy) is 1. The molecule has 0 unspecified atom stereocenters. The van der Waals surface area contributed by atoms with Crippen LogP contribution in [0.4, 0.5) is 21.9 Å². The number of benzene rings is 1. The van der Waals surface area contributed by atoms with E-state index in [0.29, 0.717) is 21.1 Å². The number of pyridine rings is 1. The van der Waals surface area contributed by atoms with Crippen molar-refractivity contribution in [2.45, 2.75) is 19.4 Å². The van der Waals surface area contributed by atoms with Crippen LogP contribution in [0.25, 0.3) is 10.2 Å². The normalized spacial score (nSPS) is 17.9. The van der Waals surface area contributed by atoms with Crippen LogP contribution in [0.5, 0.6) is 5.75 Å². The van der Waals surface area contributed by atoms with Gasteiger partial charge < -0.3 is 20.7 Å². The van der Waals surface area contributed by atoms with E-state index in [-0.39, 0.29) is 18.0 Å². The number of carbonyl (C=O) groups excluding carboxylic acids is 2. The largest absolute Gasteiger partial charge is 0.497 e. The lowest BCUT2D eigenvalue weighted by atomic mass is 10.1. The van der Waals surface area contributed by atoms with E-state index in [1.165, 1.54) is 11.3 Å². The highest BCUT2D eigenvalue weighted by molar-refractivity contribution is 7.21. The van der Waals surface area contributed by atoms with Gasteiger partial charge in [-0.3, -0.25) is 9.69 Å². The van der Waals surface area contributed by atoms with E-state index in [2.05, 4.69) is 20.9 Å². The highest BCUT2D eigenvalue weighted by Crippen LogP contribution is 2.46. The molecular weight excluding hydrogens is 402 g/mol. The average Bonchev–Trinajstić information content (AvgIpc) is 3.37. The van der Waals surface area contributed by atoms with Gasteiger partial charge in [0.05, 0.1) is 29.6 Å². The zero-order chi connectivity index (χ0) is 20.8. The molecule has 8 nitrogen and oxygen atoms in total. The van der Waals surface area contributed by atoms with Crippen LogP contribution in [0.2, 0.25) is 0 Å². The summed E-state index contributed by atoms with van der Waals surface area (Å²) in [5, 5.41) is 10.0. The summed E-state index contributed by atoms with van der Waals surface area (Å²) in [5.74, 6) is 0.548. The second-order valence-corrected chi connectivity index (χ2v) is 8.40. The SMILES string of the molecule is COc1ccc(N2C(=O)Nc3c(C(=O)N[C@@H]4CCNC4)sc4nccc2c34)c(C)c1. The number of aryl methyl sites for hydroxylation is 1. The molecule has 1 fully saturated rings. The summed E-state index contributed by atoms with van der Waals surface area (Å²) in [7, 11) is 1.61. The van der Waals surface area contributed by atoms with E-state index in [9.17, 15) is 9.59 Å². The Kier molecular flexibility index (Phi) is 4.56. The first-order valence-electron chi connectivity index (χ1n) is 9.75. The van der Waals surface area contributed by atoms with Crippen LogP contribution >= 0.6 is 11.3 Å². The number of urea groups is 1. The second-order valence-electron chi connectivity index (χ2n) is 7.40. The fourth-order valence-electron chi connectivity index (χ4n) is 4.02. The van der Waals surface area contributed by atoms with Crippen LogP contribution in [0.3, 0.4) is 0 Å². The minimum atomic E-state index is -0.307. The predicted octanol–water partition coefficient (Wildman–Crippen LogP) is 3.39.